The Bertz CT molecular complexity index is 453. The van der Waals surface area contributed by atoms with Gasteiger partial charge in [-0.2, -0.15) is 0 Å². The molecular weight excluding hydrogens is 236 g/mol. The van der Waals surface area contributed by atoms with Gasteiger partial charge in [-0.3, -0.25) is 4.79 Å². The zero-order valence-corrected chi connectivity index (χ0v) is 10.0. The van der Waals surface area contributed by atoms with Crippen LogP contribution in [-0.4, -0.2) is 53.4 Å². The predicted octanol–water partition coefficient (Wildman–Crippen LogP) is -0.545. The highest BCUT2D eigenvalue weighted by Crippen LogP contribution is 2.26. The van der Waals surface area contributed by atoms with Crippen LogP contribution in [0.5, 0.6) is 5.75 Å². The standard InChI is InChI=1S/C12H16N2O4/c1-18-10-4-2-3-7(11(10)13)12(17)14-5-8(15)9(16)6-14/h2-4,8-9,15-16H,5-6,13H2,1H3. The zero-order valence-electron chi connectivity index (χ0n) is 10.0. The molecule has 0 radical (unpaired) electrons. The summed E-state index contributed by atoms with van der Waals surface area (Å²) in [7, 11) is 1.48. The van der Waals surface area contributed by atoms with Crippen LogP contribution in [0, 0.1) is 0 Å². The van der Waals surface area contributed by atoms with Crippen molar-refractivity contribution in [2.45, 2.75) is 12.2 Å². The van der Waals surface area contributed by atoms with Crippen LogP contribution in [-0.2, 0) is 0 Å². The van der Waals surface area contributed by atoms with E-state index in [1.54, 1.807) is 18.2 Å². The molecule has 2 rings (SSSR count). The molecule has 1 aromatic carbocycles. The Labute approximate surface area is 105 Å². The highest BCUT2D eigenvalue weighted by atomic mass is 16.5. The number of methoxy groups -OCH3 is 1. The summed E-state index contributed by atoms with van der Waals surface area (Å²) in [6.07, 6.45) is -1.80. The summed E-state index contributed by atoms with van der Waals surface area (Å²) < 4.78 is 5.05. The monoisotopic (exact) mass is 252 g/mol. The van der Waals surface area contributed by atoms with Crippen molar-refractivity contribution in [3.63, 3.8) is 0 Å². The van der Waals surface area contributed by atoms with Gasteiger partial charge >= 0.3 is 0 Å². The highest BCUT2D eigenvalue weighted by Gasteiger charge is 2.33. The number of amides is 1. The predicted molar refractivity (Wildman–Crippen MR) is 65.3 cm³/mol. The normalized spacial score (nSPS) is 23.2. The van der Waals surface area contributed by atoms with Crippen LogP contribution in [0.3, 0.4) is 0 Å². The van der Waals surface area contributed by atoms with E-state index in [1.807, 2.05) is 0 Å². The maximum absolute atomic E-state index is 12.2. The summed E-state index contributed by atoms with van der Waals surface area (Å²) in [6.45, 7) is 0.216. The quantitative estimate of drug-likeness (QED) is 0.614. The van der Waals surface area contributed by atoms with Crippen molar-refractivity contribution in [2.75, 3.05) is 25.9 Å². The molecule has 6 nitrogen and oxygen atoms in total. The van der Waals surface area contributed by atoms with E-state index in [0.29, 0.717) is 11.3 Å². The van der Waals surface area contributed by atoms with Gasteiger partial charge in [0, 0.05) is 13.1 Å². The van der Waals surface area contributed by atoms with E-state index in [0.717, 1.165) is 0 Å². The number of nitrogens with zero attached hydrogens (tertiary/aromatic N) is 1. The number of para-hydroxylation sites is 1. The first kappa shape index (κ1) is 12.7. The first-order chi connectivity index (χ1) is 8.54. The van der Waals surface area contributed by atoms with Gasteiger partial charge in [-0.1, -0.05) is 6.07 Å². The summed E-state index contributed by atoms with van der Waals surface area (Å²) in [6, 6.07) is 4.93. The molecule has 1 heterocycles. The lowest BCUT2D eigenvalue weighted by Crippen LogP contribution is -2.30. The summed E-state index contributed by atoms with van der Waals surface area (Å²) in [4.78, 5) is 13.6. The van der Waals surface area contributed by atoms with Gasteiger partial charge in [0.05, 0.1) is 30.6 Å². The van der Waals surface area contributed by atoms with Crippen molar-refractivity contribution < 1.29 is 19.7 Å². The van der Waals surface area contributed by atoms with Crippen molar-refractivity contribution >= 4 is 11.6 Å². The zero-order chi connectivity index (χ0) is 13.3. The molecule has 2 unspecified atom stereocenters. The average molecular weight is 252 g/mol. The average Bonchev–Trinajstić information content (AvgIpc) is 2.69. The molecule has 4 N–H and O–H groups in total. The van der Waals surface area contributed by atoms with Crippen molar-refractivity contribution in [2.24, 2.45) is 0 Å². The largest absolute Gasteiger partial charge is 0.495 e. The van der Waals surface area contributed by atoms with Gasteiger partial charge in [0.1, 0.15) is 5.75 Å². The second kappa shape index (κ2) is 4.83. The number of hydrogen-bond donors (Lipinski definition) is 3. The van der Waals surface area contributed by atoms with Gasteiger partial charge in [0.25, 0.3) is 5.91 Å². The number of aliphatic hydroxyl groups is 2. The van der Waals surface area contributed by atoms with Crippen molar-refractivity contribution in [1.29, 1.82) is 0 Å². The number of carbonyl (C=O) groups excluding carboxylic acids is 1. The number of anilines is 1. The molecule has 18 heavy (non-hydrogen) atoms. The number of likely N-dealkylation sites (tertiary alicyclic amines) is 1. The molecule has 0 aliphatic carbocycles. The minimum absolute atomic E-state index is 0.108. The molecule has 1 aliphatic heterocycles. The number of benzene rings is 1. The van der Waals surface area contributed by atoms with Crippen LogP contribution >= 0.6 is 0 Å². The lowest BCUT2D eigenvalue weighted by atomic mass is 10.1. The van der Waals surface area contributed by atoms with Gasteiger partial charge in [-0.15, -0.1) is 0 Å². The molecule has 1 aliphatic rings. The first-order valence-corrected chi connectivity index (χ1v) is 5.62. The fourth-order valence-corrected chi connectivity index (χ4v) is 2.01. The fraction of sp³-hybridized carbons (Fsp3) is 0.417. The minimum atomic E-state index is -0.902. The number of nitrogens with two attached hydrogens (primary N) is 1. The second-order valence-electron chi connectivity index (χ2n) is 4.27. The Kier molecular flexibility index (Phi) is 3.40. The van der Waals surface area contributed by atoms with Crippen LogP contribution in [0.15, 0.2) is 18.2 Å². The van der Waals surface area contributed by atoms with Gasteiger partial charge in [0.2, 0.25) is 0 Å². The Hall–Kier alpha value is -1.79. The third kappa shape index (κ3) is 2.12. The van der Waals surface area contributed by atoms with Crippen LogP contribution in [0.4, 0.5) is 5.69 Å². The third-order valence-electron chi connectivity index (χ3n) is 3.06. The lowest BCUT2D eigenvalue weighted by molar-refractivity contribution is 0.0572. The number of hydrogen-bond acceptors (Lipinski definition) is 5. The van der Waals surface area contributed by atoms with Crippen molar-refractivity contribution in [1.82, 2.24) is 4.90 Å². The molecule has 1 amide bonds. The van der Waals surface area contributed by atoms with Gasteiger partial charge < -0.3 is 25.6 Å². The van der Waals surface area contributed by atoms with E-state index in [1.165, 1.54) is 12.0 Å². The van der Waals surface area contributed by atoms with Gasteiger partial charge in [0.15, 0.2) is 0 Å². The fourth-order valence-electron chi connectivity index (χ4n) is 2.01. The van der Waals surface area contributed by atoms with Crippen molar-refractivity contribution in [3.8, 4) is 5.75 Å². The second-order valence-corrected chi connectivity index (χ2v) is 4.27. The minimum Gasteiger partial charge on any atom is -0.495 e. The summed E-state index contributed by atoms with van der Waals surface area (Å²) >= 11 is 0. The van der Waals surface area contributed by atoms with Crippen LogP contribution in [0.25, 0.3) is 0 Å². The van der Waals surface area contributed by atoms with Crippen LogP contribution in [0.1, 0.15) is 10.4 Å². The Morgan fingerprint density at radius 2 is 2.00 bits per heavy atom. The molecular formula is C12H16N2O4. The van der Waals surface area contributed by atoms with Gasteiger partial charge in [-0.25, -0.2) is 0 Å². The number of ether oxygens (including phenoxy) is 1. The first-order valence-electron chi connectivity index (χ1n) is 5.62. The molecule has 1 fully saturated rings. The van der Waals surface area contributed by atoms with E-state index in [9.17, 15) is 15.0 Å². The molecule has 2 atom stereocenters. The number of β-amino-alcohol motifs (C(OH)–C–C–N with tert-alkyl or cyclic N) is 2. The summed E-state index contributed by atoms with van der Waals surface area (Å²) in [5.74, 6) is 0.114. The Balaban J connectivity index is 2.24. The lowest BCUT2D eigenvalue weighted by Gasteiger charge is -2.17. The number of aliphatic hydroxyl groups excluding tert-OH is 2. The van der Waals surface area contributed by atoms with E-state index >= 15 is 0 Å². The number of carbonyl (C=O) groups is 1. The topological polar surface area (TPSA) is 96.0 Å². The Morgan fingerprint density at radius 1 is 1.39 bits per heavy atom. The van der Waals surface area contributed by atoms with E-state index < -0.39 is 12.2 Å². The van der Waals surface area contributed by atoms with Gasteiger partial charge in [-0.05, 0) is 12.1 Å². The molecule has 1 saturated heterocycles. The van der Waals surface area contributed by atoms with Crippen LogP contribution < -0.4 is 10.5 Å². The number of rotatable bonds is 2. The molecule has 98 valence electrons. The van der Waals surface area contributed by atoms with E-state index in [2.05, 4.69) is 0 Å². The maximum Gasteiger partial charge on any atom is 0.256 e. The smallest absolute Gasteiger partial charge is 0.256 e. The van der Waals surface area contributed by atoms with Crippen LogP contribution in [0.2, 0.25) is 0 Å². The third-order valence-corrected chi connectivity index (χ3v) is 3.06. The molecule has 0 saturated carbocycles. The molecule has 0 spiro atoms. The number of nitrogen functional groups attached to an aromatic ring is 1. The molecule has 0 aromatic heterocycles. The molecule has 0 bridgehead atoms. The Morgan fingerprint density at radius 3 is 2.56 bits per heavy atom. The SMILES string of the molecule is COc1cccc(C(=O)N2CC(O)C(O)C2)c1N. The summed E-state index contributed by atoms with van der Waals surface area (Å²) in [5, 5.41) is 18.9. The van der Waals surface area contributed by atoms with E-state index in [-0.39, 0.29) is 24.7 Å². The molecule has 1 aromatic rings. The maximum atomic E-state index is 12.2. The molecule has 6 heteroatoms. The van der Waals surface area contributed by atoms with E-state index in [4.69, 9.17) is 10.5 Å². The van der Waals surface area contributed by atoms with Crippen molar-refractivity contribution in [3.05, 3.63) is 23.8 Å². The summed E-state index contributed by atoms with van der Waals surface area (Å²) in [5.41, 5.74) is 6.41. The highest BCUT2D eigenvalue weighted by molar-refractivity contribution is 6.00.